The molecular formula is C14H19N3O2S. The third kappa shape index (κ3) is 2.75. The van der Waals surface area contributed by atoms with Crippen LogP contribution >= 0.6 is 11.3 Å². The smallest absolute Gasteiger partial charge is 0.271 e. The minimum Gasteiger partial charge on any atom is -0.352 e. The van der Waals surface area contributed by atoms with Crippen LogP contribution in [0.4, 0.5) is 0 Å². The SMILES string of the molecule is Cc1sc2ncc(C(=O)NCCC(C)C)c(=O)n2c1C. The van der Waals surface area contributed by atoms with E-state index >= 15 is 0 Å². The first kappa shape index (κ1) is 14.7. The number of carbonyl (C=O) groups is 1. The van der Waals surface area contributed by atoms with Gasteiger partial charge in [0.15, 0.2) is 4.96 Å². The van der Waals surface area contributed by atoms with Crippen LogP contribution in [0.15, 0.2) is 11.0 Å². The van der Waals surface area contributed by atoms with E-state index in [1.165, 1.54) is 21.9 Å². The lowest BCUT2D eigenvalue weighted by Gasteiger charge is -2.07. The predicted octanol–water partition coefficient (Wildman–Crippen LogP) is 2.15. The molecule has 0 fully saturated rings. The molecule has 2 aromatic rings. The fraction of sp³-hybridized carbons (Fsp3) is 0.500. The van der Waals surface area contributed by atoms with Crippen LogP contribution < -0.4 is 10.9 Å². The van der Waals surface area contributed by atoms with Gasteiger partial charge >= 0.3 is 0 Å². The molecule has 0 bridgehead atoms. The highest BCUT2D eigenvalue weighted by molar-refractivity contribution is 7.17. The summed E-state index contributed by atoms with van der Waals surface area (Å²) in [6, 6.07) is 0. The van der Waals surface area contributed by atoms with Crippen LogP contribution in [0.1, 0.15) is 41.2 Å². The maximum absolute atomic E-state index is 12.4. The van der Waals surface area contributed by atoms with Gasteiger partial charge in [-0.3, -0.25) is 14.0 Å². The monoisotopic (exact) mass is 293 g/mol. The van der Waals surface area contributed by atoms with E-state index < -0.39 is 0 Å². The fourth-order valence-electron chi connectivity index (χ4n) is 1.90. The zero-order valence-corrected chi connectivity index (χ0v) is 13.0. The molecule has 20 heavy (non-hydrogen) atoms. The summed E-state index contributed by atoms with van der Waals surface area (Å²) in [4.78, 5) is 30.3. The molecule has 0 saturated carbocycles. The van der Waals surface area contributed by atoms with Gasteiger partial charge in [0.2, 0.25) is 0 Å². The van der Waals surface area contributed by atoms with E-state index in [0.29, 0.717) is 17.4 Å². The summed E-state index contributed by atoms with van der Waals surface area (Å²) in [7, 11) is 0. The number of hydrogen-bond acceptors (Lipinski definition) is 4. The molecule has 0 spiro atoms. The van der Waals surface area contributed by atoms with Crippen LogP contribution in [-0.2, 0) is 0 Å². The van der Waals surface area contributed by atoms with Gasteiger partial charge in [0.05, 0.1) is 0 Å². The van der Waals surface area contributed by atoms with Crippen molar-refractivity contribution < 1.29 is 4.79 Å². The molecule has 0 aliphatic heterocycles. The number of nitrogens with zero attached hydrogens (tertiary/aromatic N) is 2. The van der Waals surface area contributed by atoms with Gasteiger partial charge in [0, 0.05) is 23.3 Å². The second-order valence-corrected chi connectivity index (χ2v) is 6.46. The molecule has 0 saturated heterocycles. The highest BCUT2D eigenvalue weighted by Crippen LogP contribution is 2.18. The number of aryl methyl sites for hydroxylation is 2. The van der Waals surface area contributed by atoms with Crippen molar-refractivity contribution in [1.82, 2.24) is 14.7 Å². The summed E-state index contributed by atoms with van der Waals surface area (Å²) in [5, 5.41) is 2.77. The van der Waals surface area contributed by atoms with Crippen molar-refractivity contribution in [2.24, 2.45) is 5.92 Å². The van der Waals surface area contributed by atoms with Crippen LogP contribution in [0.25, 0.3) is 4.96 Å². The van der Waals surface area contributed by atoms with Gasteiger partial charge in [-0.2, -0.15) is 0 Å². The van der Waals surface area contributed by atoms with E-state index in [0.717, 1.165) is 17.0 Å². The van der Waals surface area contributed by atoms with Crippen LogP contribution in [0.3, 0.4) is 0 Å². The molecule has 0 aliphatic carbocycles. The number of amides is 1. The Kier molecular flexibility index (Phi) is 4.23. The molecule has 5 nitrogen and oxygen atoms in total. The third-order valence-corrected chi connectivity index (χ3v) is 4.34. The summed E-state index contributed by atoms with van der Waals surface area (Å²) in [6.07, 6.45) is 2.26. The Morgan fingerprint density at radius 2 is 2.15 bits per heavy atom. The summed E-state index contributed by atoms with van der Waals surface area (Å²) >= 11 is 1.46. The first-order valence-corrected chi connectivity index (χ1v) is 7.49. The Morgan fingerprint density at radius 1 is 1.45 bits per heavy atom. The number of hydrogen-bond donors (Lipinski definition) is 1. The van der Waals surface area contributed by atoms with Gasteiger partial charge in [-0.1, -0.05) is 13.8 Å². The quantitative estimate of drug-likeness (QED) is 0.939. The van der Waals surface area contributed by atoms with Crippen LogP contribution in [0.5, 0.6) is 0 Å². The van der Waals surface area contributed by atoms with Crippen LogP contribution in [0.2, 0.25) is 0 Å². The van der Waals surface area contributed by atoms with E-state index in [4.69, 9.17) is 0 Å². The lowest BCUT2D eigenvalue weighted by Crippen LogP contribution is -2.32. The van der Waals surface area contributed by atoms with Crippen LogP contribution in [-0.4, -0.2) is 21.8 Å². The van der Waals surface area contributed by atoms with Crippen molar-refractivity contribution in [3.05, 3.63) is 32.7 Å². The second-order valence-electron chi connectivity index (χ2n) is 5.28. The lowest BCUT2D eigenvalue weighted by molar-refractivity contribution is 0.0950. The standard InChI is InChI=1S/C14H19N3O2S/c1-8(2)5-6-15-12(18)11-7-16-14-17(13(11)19)9(3)10(4)20-14/h7-8H,5-6H2,1-4H3,(H,15,18). The molecule has 1 N–H and O–H groups in total. The van der Waals surface area contributed by atoms with Crippen molar-refractivity contribution in [1.29, 1.82) is 0 Å². The molecule has 2 rings (SSSR count). The largest absolute Gasteiger partial charge is 0.352 e. The van der Waals surface area contributed by atoms with E-state index in [-0.39, 0.29) is 17.0 Å². The molecule has 2 heterocycles. The zero-order chi connectivity index (χ0) is 14.9. The van der Waals surface area contributed by atoms with E-state index in [1.807, 2.05) is 13.8 Å². The van der Waals surface area contributed by atoms with E-state index in [9.17, 15) is 9.59 Å². The first-order valence-electron chi connectivity index (χ1n) is 6.67. The highest BCUT2D eigenvalue weighted by atomic mass is 32.1. The number of rotatable bonds is 4. The molecule has 0 aliphatic rings. The molecule has 108 valence electrons. The fourth-order valence-corrected chi connectivity index (χ4v) is 2.83. The average molecular weight is 293 g/mol. The van der Waals surface area contributed by atoms with Gasteiger partial charge in [-0.05, 0) is 26.2 Å². The van der Waals surface area contributed by atoms with Crippen LogP contribution in [0, 0.1) is 19.8 Å². The second kappa shape index (κ2) is 5.75. The Morgan fingerprint density at radius 3 is 2.80 bits per heavy atom. The number of fused-ring (bicyclic) bond motifs is 1. The van der Waals surface area contributed by atoms with Crippen molar-refractivity contribution in [2.45, 2.75) is 34.1 Å². The van der Waals surface area contributed by atoms with Gasteiger partial charge in [0.25, 0.3) is 11.5 Å². The van der Waals surface area contributed by atoms with Gasteiger partial charge in [0.1, 0.15) is 5.56 Å². The van der Waals surface area contributed by atoms with Crippen molar-refractivity contribution in [3.8, 4) is 0 Å². The van der Waals surface area contributed by atoms with Crippen molar-refractivity contribution in [3.63, 3.8) is 0 Å². The molecule has 0 radical (unpaired) electrons. The third-order valence-electron chi connectivity index (χ3n) is 3.27. The van der Waals surface area contributed by atoms with Crippen molar-refractivity contribution >= 4 is 22.2 Å². The number of carbonyl (C=O) groups excluding carboxylic acids is 1. The average Bonchev–Trinajstić information content (AvgIpc) is 2.65. The topological polar surface area (TPSA) is 63.5 Å². The highest BCUT2D eigenvalue weighted by Gasteiger charge is 2.16. The Hall–Kier alpha value is -1.69. The maximum atomic E-state index is 12.4. The Balaban J connectivity index is 2.31. The molecule has 1 amide bonds. The normalized spacial score (nSPS) is 11.2. The first-order chi connectivity index (χ1) is 9.41. The minimum atomic E-state index is -0.346. The number of thiazole rings is 1. The number of aromatic nitrogens is 2. The molecule has 6 heteroatoms. The minimum absolute atomic E-state index is 0.104. The van der Waals surface area contributed by atoms with E-state index in [1.54, 1.807) is 0 Å². The molecule has 2 aromatic heterocycles. The summed E-state index contributed by atoms with van der Waals surface area (Å²) in [5.41, 5.74) is 0.658. The maximum Gasteiger partial charge on any atom is 0.271 e. The predicted molar refractivity (Wildman–Crippen MR) is 80.6 cm³/mol. The molecule has 0 unspecified atom stereocenters. The van der Waals surface area contributed by atoms with Gasteiger partial charge in [-0.25, -0.2) is 4.98 Å². The number of nitrogens with one attached hydrogen (secondary N) is 1. The molecule has 0 atom stereocenters. The lowest BCUT2D eigenvalue weighted by atomic mass is 10.1. The van der Waals surface area contributed by atoms with Gasteiger partial charge in [-0.15, -0.1) is 11.3 Å². The Labute approximate surface area is 121 Å². The molecular weight excluding hydrogens is 274 g/mol. The summed E-state index contributed by atoms with van der Waals surface area (Å²) < 4.78 is 1.51. The summed E-state index contributed by atoms with van der Waals surface area (Å²) in [6.45, 7) is 8.55. The van der Waals surface area contributed by atoms with Crippen molar-refractivity contribution in [2.75, 3.05) is 6.54 Å². The van der Waals surface area contributed by atoms with Gasteiger partial charge < -0.3 is 5.32 Å². The summed E-state index contributed by atoms with van der Waals surface area (Å²) in [5.74, 6) is 0.166. The Bertz CT molecular complexity index is 700. The van der Waals surface area contributed by atoms with E-state index in [2.05, 4.69) is 24.1 Å². The zero-order valence-electron chi connectivity index (χ0n) is 12.2. The molecule has 0 aromatic carbocycles.